The van der Waals surface area contributed by atoms with E-state index in [-0.39, 0.29) is 21.4 Å². The number of halogens is 2. The first kappa shape index (κ1) is 14.6. The summed E-state index contributed by atoms with van der Waals surface area (Å²) in [5.74, 6) is 0. The highest BCUT2D eigenvalue weighted by Crippen LogP contribution is 2.34. The van der Waals surface area contributed by atoms with E-state index in [4.69, 9.17) is 34.5 Å². The number of benzene rings is 1. The summed E-state index contributed by atoms with van der Waals surface area (Å²) in [6, 6.07) is 2.81. The van der Waals surface area contributed by atoms with Crippen LogP contribution in [0, 0.1) is 6.57 Å². The fourth-order valence-corrected chi connectivity index (χ4v) is 1.46. The van der Waals surface area contributed by atoms with Gasteiger partial charge < -0.3 is 10.1 Å². The number of hydrogen-bond donors (Lipinski definition) is 1. The Morgan fingerprint density at radius 3 is 2.39 bits per heavy atom. The van der Waals surface area contributed by atoms with Gasteiger partial charge in [-0.15, -0.1) is 0 Å². The van der Waals surface area contributed by atoms with Crippen molar-refractivity contribution in [2.45, 2.75) is 26.4 Å². The van der Waals surface area contributed by atoms with Crippen LogP contribution in [0.1, 0.15) is 20.8 Å². The molecule has 0 heterocycles. The molecule has 0 aliphatic heterocycles. The topological polar surface area (TPSA) is 42.7 Å². The first-order valence-corrected chi connectivity index (χ1v) is 5.85. The first-order chi connectivity index (χ1) is 8.23. The van der Waals surface area contributed by atoms with Crippen LogP contribution in [-0.4, -0.2) is 11.7 Å². The smallest absolute Gasteiger partial charge is 0.411 e. The van der Waals surface area contributed by atoms with Crippen molar-refractivity contribution in [2.75, 3.05) is 5.32 Å². The Hall–Kier alpha value is -1.44. The third-order valence-corrected chi connectivity index (χ3v) is 2.52. The van der Waals surface area contributed by atoms with Gasteiger partial charge in [0.25, 0.3) is 0 Å². The number of carbonyl (C=O) groups excluding carboxylic acids is 1. The number of hydrogen-bond acceptors (Lipinski definition) is 2. The first-order valence-electron chi connectivity index (χ1n) is 5.09. The van der Waals surface area contributed by atoms with Crippen LogP contribution in [-0.2, 0) is 4.74 Å². The molecule has 1 aromatic carbocycles. The summed E-state index contributed by atoms with van der Waals surface area (Å²) < 4.78 is 5.08. The van der Waals surface area contributed by atoms with Gasteiger partial charge in [-0.05, 0) is 32.9 Å². The number of nitrogens with one attached hydrogen (secondary N) is 1. The van der Waals surface area contributed by atoms with Gasteiger partial charge in [-0.3, -0.25) is 0 Å². The number of rotatable bonds is 1. The lowest BCUT2D eigenvalue weighted by atomic mass is 10.2. The molecule has 1 rings (SSSR count). The van der Waals surface area contributed by atoms with E-state index in [1.54, 1.807) is 20.8 Å². The quantitative estimate of drug-likeness (QED) is 0.747. The highest BCUT2D eigenvalue weighted by molar-refractivity contribution is 6.42. The van der Waals surface area contributed by atoms with Gasteiger partial charge in [0, 0.05) is 5.02 Å². The van der Waals surface area contributed by atoms with Gasteiger partial charge in [-0.1, -0.05) is 23.2 Å². The molecular formula is C12H12Cl2N2O2. The number of anilines is 1. The Bertz CT molecular complexity index is 516. The molecule has 6 heteroatoms. The maximum Gasteiger partial charge on any atom is 0.411 e. The van der Waals surface area contributed by atoms with Crippen LogP contribution in [0.3, 0.4) is 0 Å². The Morgan fingerprint density at radius 2 is 1.89 bits per heavy atom. The van der Waals surface area contributed by atoms with Crippen molar-refractivity contribution in [3.05, 3.63) is 33.6 Å². The molecule has 0 fully saturated rings. The van der Waals surface area contributed by atoms with E-state index in [0.717, 1.165) is 0 Å². The van der Waals surface area contributed by atoms with Gasteiger partial charge in [0.2, 0.25) is 5.69 Å². The lowest BCUT2D eigenvalue weighted by molar-refractivity contribution is 0.0636. The van der Waals surface area contributed by atoms with Crippen LogP contribution < -0.4 is 5.32 Å². The molecule has 1 amide bonds. The van der Waals surface area contributed by atoms with Crippen molar-refractivity contribution in [1.29, 1.82) is 0 Å². The minimum atomic E-state index is -0.647. The van der Waals surface area contributed by atoms with E-state index in [0.29, 0.717) is 0 Å². The minimum absolute atomic E-state index is 0.204. The van der Waals surface area contributed by atoms with Crippen molar-refractivity contribution in [2.24, 2.45) is 0 Å². The average Bonchev–Trinajstić information content (AvgIpc) is 2.20. The standard InChI is InChI=1S/C12H12Cl2N2O2/c1-12(2,3)18-11(17)16-10-6-8(14)7(13)5-9(10)15-4/h5-6H,1-3H3,(H,16,17). The summed E-state index contributed by atoms with van der Waals surface area (Å²) in [6.07, 6.45) is -0.647. The van der Waals surface area contributed by atoms with Crippen molar-refractivity contribution in [3.63, 3.8) is 0 Å². The molecule has 1 N–H and O–H groups in total. The third kappa shape index (κ3) is 4.10. The molecule has 0 radical (unpaired) electrons. The SMILES string of the molecule is [C-]#[N+]c1cc(Cl)c(Cl)cc1NC(=O)OC(C)(C)C. The van der Waals surface area contributed by atoms with Gasteiger partial charge in [-0.25, -0.2) is 9.64 Å². The molecule has 0 saturated carbocycles. The molecule has 4 nitrogen and oxygen atoms in total. The van der Waals surface area contributed by atoms with Crippen molar-refractivity contribution in [3.8, 4) is 0 Å². The number of ether oxygens (including phenoxy) is 1. The van der Waals surface area contributed by atoms with Crippen LogP contribution in [0.25, 0.3) is 4.85 Å². The van der Waals surface area contributed by atoms with E-state index < -0.39 is 11.7 Å². The zero-order valence-electron chi connectivity index (χ0n) is 10.2. The predicted molar refractivity (Wildman–Crippen MR) is 72.6 cm³/mol. The van der Waals surface area contributed by atoms with Crippen molar-refractivity contribution < 1.29 is 9.53 Å². The second-order valence-corrected chi connectivity index (χ2v) is 5.34. The van der Waals surface area contributed by atoms with Crippen LogP contribution >= 0.6 is 23.2 Å². The summed E-state index contributed by atoms with van der Waals surface area (Å²) in [4.78, 5) is 14.8. The Labute approximate surface area is 116 Å². The highest BCUT2D eigenvalue weighted by atomic mass is 35.5. The van der Waals surface area contributed by atoms with Crippen LogP contribution in [0.4, 0.5) is 16.2 Å². The van der Waals surface area contributed by atoms with Gasteiger partial charge in [0.1, 0.15) is 5.60 Å². The van der Waals surface area contributed by atoms with Gasteiger partial charge >= 0.3 is 6.09 Å². The average molecular weight is 287 g/mol. The van der Waals surface area contributed by atoms with Gasteiger partial charge in [0.15, 0.2) is 0 Å². The monoisotopic (exact) mass is 286 g/mol. The number of carbonyl (C=O) groups is 1. The normalized spacial score (nSPS) is 10.7. The van der Waals surface area contributed by atoms with E-state index in [9.17, 15) is 4.79 Å². The largest absolute Gasteiger partial charge is 0.444 e. The van der Waals surface area contributed by atoms with Crippen molar-refractivity contribution in [1.82, 2.24) is 0 Å². The molecule has 0 unspecified atom stereocenters. The Kier molecular flexibility index (Phi) is 4.44. The summed E-state index contributed by atoms with van der Waals surface area (Å²) in [6.45, 7) is 12.2. The summed E-state index contributed by atoms with van der Waals surface area (Å²) >= 11 is 11.6. The number of amides is 1. The van der Waals surface area contributed by atoms with Crippen LogP contribution in [0.5, 0.6) is 0 Å². The van der Waals surface area contributed by atoms with Gasteiger partial charge in [-0.2, -0.15) is 0 Å². The summed E-state index contributed by atoms with van der Waals surface area (Å²) in [7, 11) is 0. The molecule has 96 valence electrons. The zero-order chi connectivity index (χ0) is 13.9. The molecule has 0 saturated heterocycles. The van der Waals surface area contributed by atoms with Gasteiger partial charge in [0.05, 0.1) is 17.3 Å². The van der Waals surface area contributed by atoms with Crippen molar-refractivity contribution >= 4 is 40.7 Å². The Morgan fingerprint density at radius 1 is 1.33 bits per heavy atom. The fourth-order valence-electron chi connectivity index (χ4n) is 1.14. The molecule has 1 aromatic rings. The maximum absolute atomic E-state index is 11.6. The molecular weight excluding hydrogens is 275 g/mol. The summed E-state index contributed by atoms with van der Waals surface area (Å²) in [5.41, 5.74) is -0.137. The maximum atomic E-state index is 11.6. The second kappa shape index (κ2) is 5.47. The van der Waals surface area contributed by atoms with E-state index in [1.807, 2.05) is 0 Å². The lowest BCUT2D eigenvalue weighted by Gasteiger charge is -2.20. The minimum Gasteiger partial charge on any atom is -0.444 e. The summed E-state index contributed by atoms with van der Waals surface area (Å²) in [5, 5.41) is 2.99. The molecule has 0 aliphatic carbocycles. The molecule has 0 spiro atoms. The lowest BCUT2D eigenvalue weighted by Crippen LogP contribution is -2.27. The molecule has 0 aliphatic rings. The number of nitrogens with zero attached hydrogens (tertiary/aromatic N) is 1. The highest BCUT2D eigenvalue weighted by Gasteiger charge is 2.18. The van der Waals surface area contributed by atoms with E-state index in [2.05, 4.69) is 10.2 Å². The Balaban J connectivity index is 2.95. The van der Waals surface area contributed by atoms with Crippen LogP contribution in [0.2, 0.25) is 10.0 Å². The molecule has 0 atom stereocenters. The molecule has 18 heavy (non-hydrogen) atoms. The van der Waals surface area contributed by atoms with E-state index >= 15 is 0 Å². The molecule has 0 bridgehead atoms. The predicted octanol–water partition coefficient (Wildman–Crippen LogP) is 4.89. The fraction of sp³-hybridized carbons (Fsp3) is 0.333. The zero-order valence-corrected chi connectivity index (χ0v) is 11.7. The van der Waals surface area contributed by atoms with Crippen LogP contribution in [0.15, 0.2) is 12.1 Å². The van der Waals surface area contributed by atoms with E-state index in [1.165, 1.54) is 12.1 Å². The second-order valence-electron chi connectivity index (χ2n) is 4.52. The third-order valence-electron chi connectivity index (χ3n) is 1.79. The molecule has 0 aromatic heterocycles.